The second-order valence-electron chi connectivity index (χ2n) is 27.8. The number of primary amides is 2. The first-order valence-corrected chi connectivity index (χ1v) is 35.8. The van der Waals surface area contributed by atoms with Crippen molar-refractivity contribution in [1.29, 1.82) is 0 Å². The van der Waals surface area contributed by atoms with Gasteiger partial charge in [0.1, 0.15) is 34.2 Å². The number of piperidine rings is 3. The van der Waals surface area contributed by atoms with E-state index in [4.69, 9.17) is 39.9 Å². The van der Waals surface area contributed by atoms with Gasteiger partial charge < -0.3 is 66.1 Å². The summed E-state index contributed by atoms with van der Waals surface area (Å²) < 4.78 is 32.4. The van der Waals surface area contributed by atoms with Crippen molar-refractivity contribution in [3.8, 4) is 23.0 Å². The number of pyridine rings is 2. The highest BCUT2D eigenvalue weighted by molar-refractivity contribution is 9.10. The SMILES string of the molecule is CC(=O)C(=O)Nc1cncc(C(N)=O)c1.CC1CCC(=O)N(C(=O)OC(C)(C)C)C1.COc1ccccc1Br.COc1ccccc1C(=O)CCC(C)CNC(=O)OC(C)(C)C.COc1ccccc1C1CCC(C)CN1.COc1ccccc1[C@@H]1CC[C@@H](C)CN1C(=O)C(=O)Nc1cncc(C(N)=O)c1. The minimum Gasteiger partial charge on any atom is -0.496 e. The summed E-state index contributed by atoms with van der Waals surface area (Å²) in [7, 11) is 6.53. The number of carbonyl (C=O) groups excluding carboxylic acids is 10. The van der Waals surface area contributed by atoms with Gasteiger partial charge in [-0.3, -0.25) is 48.3 Å². The molecule has 6 aromatic rings. The first kappa shape index (κ1) is 88.1. The number of aromatic nitrogens is 2. The van der Waals surface area contributed by atoms with Crippen LogP contribution in [0.5, 0.6) is 23.0 Å². The number of nitrogens with one attached hydrogen (secondary N) is 4. The number of alkyl carbamates (subject to hydrolysis) is 1. The van der Waals surface area contributed by atoms with E-state index >= 15 is 0 Å². The van der Waals surface area contributed by atoms with Crippen molar-refractivity contribution in [1.82, 2.24) is 30.4 Å². The third-order valence-corrected chi connectivity index (χ3v) is 17.1. The monoisotopic (exact) mass is 1530 g/mol. The maximum atomic E-state index is 13.0. The van der Waals surface area contributed by atoms with Gasteiger partial charge in [-0.15, -0.1) is 0 Å². The van der Waals surface area contributed by atoms with Crippen LogP contribution in [0.25, 0.3) is 0 Å². The Morgan fingerprint density at radius 3 is 1.60 bits per heavy atom. The zero-order valence-electron chi connectivity index (χ0n) is 63.5. The van der Waals surface area contributed by atoms with Crippen molar-refractivity contribution in [3.63, 3.8) is 0 Å². The molecule has 0 bridgehead atoms. The molecule has 27 heteroatoms. The molecule has 3 aliphatic rings. The Kier molecular flexibility index (Phi) is 36.5. The van der Waals surface area contributed by atoms with Crippen LogP contribution in [0, 0.1) is 23.7 Å². The van der Waals surface area contributed by atoms with Crippen molar-refractivity contribution < 1.29 is 76.4 Å². The fourth-order valence-electron chi connectivity index (χ4n) is 10.9. The standard InChI is InChI=1S/C21H24N4O4.C18H27NO4.C13H19NO.C11H19NO3.C9H9N3O3.C7H7BrO/c1-13-7-8-17(16-5-3-4-6-18(16)29-2)25(12-13)21(28)20(27)24-15-9-14(19(22)26)10-23-11-15;1-13(12-19-17(21)23-18(2,3)4)10-11-15(20)14-8-6-7-9-16(14)22-5;1-10-7-8-12(14-9-10)11-5-3-4-6-13(11)15-2;1-8-5-6-9(13)12(7-8)10(14)15-11(2,3)4;1-5(13)9(15)12-7-2-6(8(10)14)3-11-4-7;1-9-7-5-3-2-4-6(7)8/h3-6,9-11,13,17H,7-8,12H2,1-2H3,(H2,22,26)(H,24,27);6-9,13H,10-12H2,1-5H3,(H,19,21);3-6,10,12,14H,7-9H2,1-2H3;8H,5-7H2,1-4H3;2-4H,1H3,(H2,10,14)(H,12,15);2-5H,1H3/t13-,17+;;;;;/m1...../s1. The van der Waals surface area contributed by atoms with Crippen molar-refractivity contribution >= 4 is 86.5 Å². The molecule has 3 saturated heterocycles. The van der Waals surface area contributed by atoms with E-state index in [9.17, 15) is 47.9 Å². The lowest BCUT2D eigenvalue weighted by atomic mass is 9.89. The molecule has 3 fully saturated rings. The molecule has 4 unspecified atom stereocenters. The van der Waals surface area contributed by atoms with Gasteiger partial charge in [-0.25, -0.2) is 14.5 Å². The summed E-state index contributed by atoms with van der Waals surface area (Å²) in [5.41, 5.74) is 12.8. The van der Waals surface area contributed by atoms with E-state index in [2.05, 4.69) is 73.1 Å². The molecule has 0 spiro atoms. The molecule has 0 aliphatic carbocycles. The normalized spacial score (nSPS) is 16.9. The molecule has 3 aliphatic heterocycles. The van der Waals surface area contributed by atoms with E-state index in [-0.39, 0.29) is 52.1 Å². The summed E-state index contributed by atoms with van der Waals surface area (Å²) in [5, 5.41) is 11.1. The number of hydrogen-bond donors (Lipinski definition) is 6. The molecule has 8 N–H and O–H groups in total. The lowest BCUT2D eigenvalue weighted by molar-refractivity contribution is -0.146. The number of methoxy groups -OCH3 is 4. The lowest BCUT2D eigenvalue weighted by Crippen LogP contribution is -2.46. The van der Waals surface area contributed by atoms with Gasteiger partial charge in [0.25, 0.3) is 5.91 Å². The number of imide groups is 1. The van der Waals surface area contributed by atoms with Gasteiger partial charge in [0.15, 0.2) is 5.78 Å². The Bertz CT molecular complexity index is 3910. The number of nitrogens with two attached hydrogens (primary N) is 2. The number of carbonyl (C=O) groups is 10. The number of Topliss-reactive ketones (excluding diaryl/α,β-unsaturated/α-hetero) is 2. The lowest BCUT2D eigenvalue weighted by Gasteiger charge is -2.39. The number of para-hydroxylation sites is 4. The predicted molar refractivity (Wildman–Crippen MR) is 408 cm³/mol. The second kappa shape index (κ2) is 43.9. The van der Waals surface area contributed by atoms with Crippen molar-refractivity contribution in [2.45, 2.75) is 151 Å². The summed E-state index contributed by atoms with van der Waals surface area (Å²) in [5.74, 6) is 0.571. The highest BCUT2D eigenvalue weighted by Crippen LogP contribution is 2.38. The van der Waals surface area contributed by atoms with Gasteiger partial charge in [0.2, 0.25) is 23.5 Å². The Labute approximate surface area is 630 Å². The molecule has 8 amide bonds. The molecule has 5 heterocycles. The summed E-state index contributed by atoms with van der Waals surface area (Å²) in [6.07, 6.45) is 10.9. The molecule has 574 valence electrons. The van der Waals surface area contributed by atoms with Crippen LogP contribution in [0.3, 0.4) is 0 Å². The number of benzene rings is 4. The van der Waals surface area contributed by atoms with Gasteiger partial charge in [-0.1, -0.05) is 88.4 Å². The average molecular weight is 1530 g/mol. The van der Waals surface area contributed by atoms with E-state index in [1.54, 1.807) is 66.2 Å². The largest absolute Gasteiger partial charge is 0.496 e. The highest BCUT2D eigenvalue weighted by Gasteiger charge is 2.36. The average Bonchev–Trinajstić information content (AvgIpc) is 0.795. The number of rotatable bonds is 17. The predicted octanol–water partition coefficient (Wildman–Crippen LogP) is 13.0. The Morgan fingerprint density at radius 2 is 1.09 bits per heavy atom. The number of hydrogen-bond acceptors (Lipinski definition) is 19. The third-order valence-electron chi connectivity index (χ3n) is 16.4. The topological polar surface area (TPSA) is 358 Å². The van der Waals surface area contributed by atoms with Crippen molar-refractivity contribution in [2.75, 3.05) is 65.3 Å². The summed E-state index contributed by atoms with van der Waals surface area (Å²) in [6, 6.07) is 33.7. The smallest absolute Gasteiger partial charge is 0.417 e. The molecule has 0 saturated carbocycles. The van der Waals surface area contributed by atoms with Crippen LogP contribution in [0.1, 0.15) is 182 Å². The van der Waals surface area contributed by atoms with E-state index < -0.39 is 58.7 Å². The van der Waals surface area contributed by atoms with Crippen LogP contribution in [0.2, 0.25) is 0 Å². The first-order valence-electron chi connectivity index (χ1n) is 35.0. The molecule has 0 radical (unpaired) electrons. The third kappa shape index (κ3) is 30.8. The van der Waals surface area contributed by atoms with E-state index in [1.165, 1.54) is 60.2 Å². The zero-order chi connectivity index (χ0) is 78.8. The van der Waals surface area contributed by atoms with Crippen molar-refractivity contribution in [2.24, 2.45) is 35.1 Å². The van der Waals surface area contributed by atoms with Crippen LogP contribution < -0.4 is 51.7 Å². The highest BCUT2D eigenvalue weighted by atomic mass is 79.9. The van der Waals surface area contributed by atoms with Gasteiger partial charge in [0.05, 0.1) is 79.4 Å². The molecule has 9 rings (SSSR count). The second-order valence-corrected chi connectivity index (χ2v) is 28.7. The number of anilines is 2. The van der Waals surface area contributed by atoms with Gasteiger partial charge in [-0.2, -0.15) is 0 Å². The Balaban J connectivity index is 0.000000279. The number of amides is 8. The summed E-state index contributed by atoms with van der Waals surface area (Å²) in [4.78, 5) is 127. The minimum absolute atomic E-state index is 0.0477. The summed E-state index contributed by atoms with van der Waals surface area (Å²) >= 11 is 3.33. The van der Waals surface area contributed by atoms with Gasteiger partial charge in [0, 0.05) is 69.0 Å². The van der Waals surface area contributed by atoms with E-state index in [1.807, 2.05) is 107 Å². The van der Waals surface area contributed by atoms with E-state index in [0.717, 1.165) is 60.2 Å². The molecule has 4 aromatic carbocycles. The van der Waals surface area contributed by atoms with Crippen LogP contribution in [0.4, 0.5) is 21.0 Å². The number of ketones is 2. The van der Waals surface area contributed by atoms with E-state index in [0.29, 0.717) is 67.9 Å². The Hall–Kier alpha value is -10.3. The maximum absolute atomic E-state index is 13.0. The van der Waals surface area contributed by atoms with Crippen molar-refractivity contribution in [3.05, 3.63) is 166 Å². The summed E-state index contributed by atoms with van der Waals surface area (Å²) in [6.45, 7) is 22.9. The van der Waals surface area contributed by atoms with Gasteiger partial charge >= 0.3 is 24.0 Å². The number of ether oxygens (including phenoxy) is 6. The molecule has 2 aromatic heterocycles. The molecule has 26 nitrogen and oxygen atoms in total. The minimum atomic E-state index is -0.789. The number of likely N-dealkylation sites (tertiary alicyclic amines) is 2. The molecule has 106 heavy (non-hydrogen) atoms. The molecular weight excluding hydrogens is 1420 g/mol. The molecular formula is C79H105BrN10O16. The van der Waals surface area contributed by atoms with Crippen LogP contribution in [-0.2, 0) is 33.4 Å². The van der Waals surface area contributed by atoms with Crippen LogP contribution in [0.15, 0.2) is 138 Å². The van der Waals surface area contributed by atoms with Crippen LogP contribution in [-0.4, -0.2) is 145 Å². The maximum Gasteiger partial charge on any atom is 0.417 e. The first-order chi connectivity index (χ1) is 50.1. The fourth-order valence-corrected chi connectivity index (χ4v) is 11.3. The quantitative estimate of drug-likeness (QED) is 0.0365. The Morgan fingerprint density at radius 1 is 0.604 bits per heavy atom. The zero-order valence-corrected chi connectivity index (χ0v) is 65.1. The molecule has 6 atom stereocenters. The number of halogens is 1. The van der Waals surface area contributed by atoms with Crippen LogP contribution >= 0.6 is 15.9 Å². The fraction of sp³-hybridized carbons (Fsp3) is 0.443. The number of nitrogens with zero attached hydrogens (tertiary/aromatic N) is 4. The van der Waals surface area contributed by atoms with Gasteiger partial charge in [-0.05, 0) is 175 Å².